The van der Waals surface area contributed by atoms with E-state index in [1.54, 1.807) is 12.2 Å². The molecule has 31 heavy (non-hydrogen) atoms. The van der Waals surface area contributed by atoms with Gasteiger partial charge in [-0.05, 0) is 42.2 Å². The molecular formula is C20H17Cl2F4NO3S. The second kappa shape index (κ2) is 9.93. The van der Waals surface area contributed by atoms with Crippen LogP contribution in [0.25, 0.3) is 0 Å². The van der Waals surface area contributed by atoms with Crippen LogP contribution in [0.4, 0.5) is 17.6 Å². The average Bonchev–Trinajstić information content (AvgIpc) is 2.65. The quantitative estimate of drug-likeness (QED) is 0.333. The van der Waals surface area contributed by atoms with Crippen molar-refractivity contribution in [3.05, 3.63) is 82.3 Å². The van der Waals surface area contributed by atoms with Crippen LogP contribution >= 0.6 is 23.2 Å². The monoisotopic (exact) mass is 497 g/mol. The van der Waals surface area contributed by atoms with Crippen LogP contribution in [-0.4, -0.2) is 21.2 Å². The van der Waals surface area contributed by atoms with Crippen molar-refractivity contribution in [1.29, 1.82) is 0 Å². The highest BCUT2D eigenvalue weighted by molar-refractivity contribution is 7.89. The highest BCUT2D eigenvalue weighted by Crippen LogP contribution is 2.37. The first-order chi connectivity index (χ1) is 14.3. The highest BCUT2D eigenvalue weighted by atomic mass is 35.5. The summed E-state index contributed by atoms with van der Waals surface area (Å²) in [6, 6.07) is 1.85. The molecule has 0 aliphatic heterocycles. The number of ether oxygens (including phenoxy) is 1. The van der Waals surface area contributed by atoms with Gasteiger partial charge in [-0.3, -0.25) is 4.72 Å². The second-order valence-corrected chi connectivity index (χ2v) is 8.87. The number of benzene rings is 1. The normalized spacial score (nSPS) is 14.8. The Hall–Kier alpha value is -2.23. The molecule has 1 aromatic carbocycles. The van der Waals surface area contributed by atoms with Crippen LogP contribution < -0.4 is 9.46 Å². The topological polar surface area (TPSA) is 55.4 Å². The third-order valence-electron chi connectivity index (χ3n) is 3.93. The van der Waals surface area contributed by atoms with Crippen LogP contribution in [0.3, 0.4) is 0 Å². The van der Waals surface area contributed by atoms with Crippen molar-refractivity contribution >= 4 is 33.2 Å². The van der Waals surface area contributed by atoms with Gasteiger partial charge in [-0.2, -0.15) is 13.2 Å². The summed E-state index contributed by atoms with van der Waals surface area (Å²) in [5.41, 5.74) is 0.525. The third kappa shape index (κ3) is 7.15. The molecule has 11 heteroatoms. The fraction of sp³-hybridized carbons (Fsp3) is 0.200. The lowest BCUT2D eigenvalue weighted by Crippen LogP contribution is -2.26. The van der Waals surface area contributed by atoms with E-state index in [-0.39, 0.29) is 5.02 Å². The molecule has 1 aliphatic rings. The number of rotatable bonds is 8. The van der Waals surface area contributed by atoms with Crippen molar-refractivity contribution in [2.45, 2.75) is 23.9 Å². The molecule has 0 saturated carbocycles. The van der Waals surface area contributed by atoms with Crippen LogP contribution in [0.2, 0.25) is 10.0 Å². The Kier molecular flexibility index (Phi) is 8.02. The summed E-state index contributed by atoms with van der Waals surface area (Å²) < 4.78 is 84.0. The molecule has 0 amide bonds. The fourth-order valence-corrected chi connectivity index (χ4v) is 4.46. The smallest absolute Gasteiger partial charge is 0.422 e. The van der Waals surface area contributed by atoms with E-state index in [1.807, 2.05) is 10.8 Å². The van der Waals surface area contributed by atoms with Gasteiger partial charge in [0.05, 0.1) is 10.7 Å². The van der Waals surface area contributed by atoms with Crippen molar-refractivity contribution in [3.63, 3.8) is 0 Å². The van der Waals surface area contributed by atoms with E-state index in [0.29, 0.717) is 12.0 Å². The van der Waals surface area contributed by atoms with E-state index >= 15 is 0 Å². The molecule has 0 aromatic heterocycles. The van der Waals surface area contributed by atoms with Crippen LogP contribution in [-0.2, 0) is 10.0 Å². The molecule has 0 bridgehead atoms. The summed E-state index contributed by atoms with van der Waals surface area (Å²) in [4.78, 5) is -0.799. The summed E-state index contributed by atoms with van der Waals surface area (Å²) >= 11 is 11.7. The van der Waals surface area contributed by atoms with Gasteiger partial charge in [-0.15, -0.1) is 0 Å². The van der Waals surface area contributed by atoms with E-state index in [4.69, 9.17) is 23.2 Å². The maximum Gasteiger partial charge on any atom is 0.422 e. The molecule has 4 nitrogen and oxygen atoms in total. The molecular weight excluding hydrogens is 481 g/mol. The number of alkyl halides is 3. The number of hydrogen-bond donors (Lipinski definition) is 1. The molecule has 1 aliphatic carbocycles. The molecule has 0 saturated heterocycles. The number of hydrogen-bond acceptors (Lipinski definition) is 3. The molecule has 0 unspecified atom stereocenters. The first-order valence-corrected chi connectivity index (χ1v) is 10.9. The van der Waals surface area contributed by atoms with Gasteiger partial charge < -0.3 is 4.74 Å². The summed E-state index contributed by atoms with van der Waals surface area (Å²) in [5.74, 6) is -1.92. The minimum Gasteiger partial charge on any atom is -0.481 e. The standard InChI is InChI=1S/C20H17Cl2F4NO3S/c1-12(14-6-4-3-5-7-14)8-17(13(2)23)27-31(28,29)18-10-15(21)9-16(22)19(18)30-11-20(24,25)26/h3-4,6,8-10,27H,1-2,5,7,11H2/b17-8+. The molecule has 2 rings (SSSR count). The van der Waals surface area contributed by atoms with Gasteiger partial charge in [0.1, 0.15) is 10.7 Å². The van der Waals surface area contributed by atoms with Crippen molar-refractivity contribution < 1.29 is 30.7 Å². The zero-order chi connectivity index (χ0) is 23.4. The van der Waals surface area contributed by atoms with Gasteiger partial charge in [0.25, 0.3) is 10.0 Å². The Labute approximate surface area is 187 Å². The third-order valence-corrected chi connectivity index (χ3v) is 5.80. The molecule has 168 valence electrons. The molecule has 0 atom stereocenters. The number of sulfonamides is 1. The molecule has 0 radical (unpaired) electrons. The zero-order valence-corrected chi connectivity index (χ0v) is 18.2. The maximum atomic E-state index is 14.0. The Balaban J connectivity index is 2.44. The van der Waals surface area contributed by atoms with Gasteiger partial charge in [0.2, 0.25) is 0 Å². The first-order valence-electron chi connectivity index (χ1n) is 8.63. The van der Waals surface area contributed by atoms with Gasteiger partial charge in [-0.25, -0.2) is 12.8 Å². The lowest BCUT2D eigenvalue weighted by atomic mass is 9.98. The summed E-state index contributed by atoms with van der Waals surface area (Å²) in [7, 11) is -4.68. The second-order valence-electron chi connectivity index (χ2n) is 6.37. The average molecular weight is 498 g/mol. The Morgan fingerprint density at radius 1 is 1.26 bits per heavy atom. The molecule has 1 N–H and O–H groups in total. The van der Waals surface area contributed by atoms with E-state index in [9.17, 15) is 26.0 Å². The van der Waals surface area contributed by atoms with Crippen LogP contribution in [0.5, 0.6) is 5.75 Å². The van der Waals surface area contributed by atoms with Gasteiger partial charge in [-0.1, -0.05) is 54.6 Å². The van der Waals surface area contributed by atoms with Crippen molar-refractivity contribution in [1.82, 2.24) is 4.72 Å². The van der Waals surface area contributed by atoms with Crippen molar-refractivity contribution in [3.8, 4) is 5.75 Å². The van der Waals surface area contributed by atoms with Crippen LogP contribution in [0.1, 0.15) is 12.8 Å². The van der Waals surface area contributed by atoms with E-state index < -0.39 is 50.0 Å². The predicted molar refractivity (Wildman–Crippen MR) is 112 cm³/mol. The summed E-state index contributed by atoms with van der Waals surface area (Å²) in [6.45, 7) is 5.08. The van der Waals surface area contributed by atoms with Gasteiger partial charge in [0.15, 0.2) is 12.4 Å². The van der Waals surface area contributed by atoms with Crippen molar-refractivity contribution in [2.24, 2.45) is 0 Å². The largest absolute Gasteiger partial charge is 0.481 e. The fourth-order valence-electron chi connectivity index (χ4n) is 2.53. The molecule has 0 spiro atoms. The predicted octanol–water partition coefficient (Wildman–Crippen LogP) is 6.41. The lowest BCUT2D eigenvalue weighted by molar-refractivity contribution is -0.153. The minimum atomic E-state index is -4.75. The Morgan fingerprint density at radius 3 is 2.48 bits per heavy atom. The minimum absolute atomic E-state index is 0.183. The summed E-state index contributed by atoms with van der Waals surface area (Å²) in [6.07, 6.45) is 3.17. The molecule has 0 fully saturated rings. The number of halogens is 6. The SMILES string of the molecule is C=C(/C=C(/NS(=O)(=O)c1cc(Cl)cc(Cl)c1OCC(F)(F)F)C(=C)F)C1=CC=CCC1. The molecule has 1 aromatic rings. The summed E-state index contributed by atoms with van der Waals surface area (Å²) in [5, 5.41) is -0.650. The molecule has 0 heterocycles. The zero-order valence-electron chi connectivity index (χ0n) is 15.9. The van der Waals surface area contributed by atoms with Gasteiger partial charge >= 0.3 is 6.18 Å². The van der Waals surface area contributed by atoms with E-state index in [0.717, 1.165) is 30.2 Å². The van der Waals surface area contributed by atoms with E-state index in [1.165, 1.54) is 0 Å². The van der Waals surface area contributed by atoms with Crippen LogP contribution in [0.15, 0.2) is 77.2 Å². The van der Waals surface area contributed by atoms with Crippen LogP contribution in [0, 0.1) is 0 Å². The highest BCUT2D eigenvalue weighted by Gasteiger charge is 2.31. The Morgan fingerprint density at radius 2 is 1.94 bits per heavy atom. The number of nitrogens with one attached hydrogen (secondary N) is 1. The lowest BCUT2D eigenvalue weighted by Gasteiger charge is -2.17. The van der Waals surface area contributed by atoms with Crippen molar-refractivity contribution in [2.75, 3.05) is 6.61 Å². The first kappa shape index (κ1) is 25.0. The Bertz CT molecular complexity index is 1090. The number of allylic oxidation sites excluding steroid dienone is 7. The van der Waals surface area contributed by atoms with Gasteiger partial charge in [0, 0.05) is 5.02 Å². The van der Waals surface area contributed by atoms with E-state index in [2.05, 4.69) is 17.9 Å². The maximum absolute atomic E-state index is 14.0.